The second-order valence-corrected chi connectivity index (χ2v) is 10.3. The number of hydrogen-bond acceptors (Lipinski definition) is 11. The summed E-state index contributed by atoms with van der Waals surface area (Å²) < 4.78 is 0. The van der Waals surface area contributed by atoms with Crippen LogP contribution in [-0.2, 0) is 20.8 Å². The number of phenolic OH excluding ortho intramolecular Hbond substituents is 1. The lowest BCUT2D eigenvalue weighted by molar-refractivity contribution is -0.148. The normalized spacial score (nSPS) is 26.8. The Morgan fingerprint density at radius 2 is 1.82 bits per heavy atom. The molecule has 0 fully saturated rings. The molecule has 2 amide bonds. The van der Waals surface area contributed by atoms with Crippen LogP contribution >= 0.6 is 11.6 Å². The molecule has 1 aromatic rings. The van der Waals surface area contributed by atoms with Gasteiger partial charge in [-0.15, -0.1) is 5.06 Å². The van der Waals surface area contributed by atoms with Gasteiger partial charge in [0, 0.05) is 25.6 Å². The van der Waals surface area contributed by atoms with Crippen molar-refractivity contribution in [3.05, 3.63) is 44.9 Å². The van der Waals surface area contributed by atoms with E-state index in [0.29, 0.717) is 5.56 Å². The number of fused-ring (bicyclic) bond motifs is 3. The summed E-state index contributed by atoms with van der Waals surface area (Å²) in [6.07, 6.45) is -0.998. The summed E-state index contributed by atoms with van der Waals surface area (Å²) in [5, 5.41) is 47.8. The minimum Gasteiger partial charge on any atom is -0.510 e. The Labute approximate surface area is 221 Å². The number of hydrogen-bond donors (Lipinski definition) is 6. The lowest BCUT2D eigenvalue weighted by Crippen LogP contribution is -2.63. The Bertz CT molecular complexity index is 1350. The van der Waals surface area contributed by atoms with Crippen molar-refractivity contribution < 1.29 is 44.4 Å². The van der Waals surface area contributed by atoms with Crippen molar-refractivity contribution >= 4 is 40.9 Å². The van der Waals surface area contributed by atoms with E-state index in [-0.39, 0.29) is 34.7 Å². The van der Waals surface area contributed by atoms with Gasteiger partial charge >= 0.3 is 6.09 Å². The molecule has 4 atom stereocenters. The van der Waals surface area contributed by atoms with Crippen molar-refractivity contribution in [2.75, 3.05) is 33.5 Å². The van der Waals surface area contributed by atoms with Gasteiger partial charge in [-0.25, -0.2) is 4.79 Å². The molecule has 3 aliphatic carbocycles. The molecule has 0 aliphatic heterocycles. The number of halogens is 1. The highest BCUT2D eigenvalue weighted by Gasteiger charge is 2.63. The van der Waals surface area contributed by atoms with E-state index in [4.69, 9.17) is 22.2 Å². The number of primary amides is 1. The van der Waals surface area contributed by atoms with Crippen LogP contribution in [0.4, 0.5) is 10.5 Å². The van der Waals surface area contributed by atoms with Crippen LogP contribution in [0.3, 0.4) is 0 Å². The van der Waals surface area contributed by atoms with E-state index in [2.05, 4.69) is 5.32 Å². The molecule has 2 unspecified atom stereocenters. The van der Waals surface area contributed by atoms with Crippen LogP contribution in [0.15, 0.2) is 28.7 Å². The molecule has 3 aliphatic rings. The summed E-state index contributed by atoms with van der Waals surface area (Å²) in [5.74, 6) is -7.77. The smallest absolute Gasteiger partial charge is 0.430 e. The van der Waals surface area contributed by atoms with Gasteiger partial charge in [-0.1, -0.05) is 11.6 Å². The van der Waals surface area contributed by atoms with Crippen LogP contribution in [0.2, 0.25) is 5.02 Å². The highest BCUT2D eigenvalue weighted by atomic mass is 35.5. The number of hydroxylamine groups is 2. The Kier molecular flexibility index (Phi) is 6.68. The molecular weight excluding hydrogens is 524 g/mol. The first-order chi connectivity index (χ1) is 17.6. The fourth-order valence-corrected chi connectivity index (χ4v) is 5.95. The summed E-state index contributed by atoms with van der Waals surface area (Å²) in [4.78, 5) is 57.4. The Hall–Kier alpha value is -3.65. The van der Waals surface area contributed by atoms with E-state index in [1.54, 1.807) is 14.1 Å². The highest BCUT2D eigenvalue weighted by Crippen LogP contribution is 2.53. The molecule has 1 aromatic carbocycles. The maximum absolute atomic E-state index is 13.7. The van der Waals surface area contributed by atoms with Crippen LogP contribution in [0.1, 0.15) is 22.3 Å². The average molecular weight is 551 g/mol. The van der Waals surface area contributed by atoms with Crippen LogP contribution in [0.25, 0.3) is 0 Å². The minimum absolute atomic E-state index is 0.0562. The number of phenols is 1. The third kappa shape index (κ3) is 3.89. The molecule has 0 saturated carbocycles. The van der Waals surface area contributed by atoms with Gasteiger partial charge in [0.1, 0.15) is 22.8 Å². The molecule has 7 N–H and O–H groups in total. The van der Waals surface area contributed by atoms with Crippen molar-refractivity contribution in [1.82, 2.24) is 9.96 Å². The number of nitrogens with two attached hydrogens (primary N) is 1. The van der Waals surface area contributed by atoms with Crippen molar-refractivity contribution in [3.63, 3.8) is 0 Å². The summed E-state index contributed by atoms with van der Waals surface area (Å²) >= 11 is 6.29. The lowest BCUT2D eigenvalue weighted by atomic mass is 9.58. The predicted molar refractivity (Wildman–Crippen MR) is 132 cm³/mol. The molecule has 14 heteroatoms. The third-order valence-corrected chi connectivity index (χ3v) is 7.46. The number of aromatic hydroxyl groups is 1. The molecule has 0 saturated heterocycles. The Balaban J connectivity index is 1.87. The summed E-state index contributed by atoms with van der Waals surface area (Å²) in [7, 11) is 5.97. The molecule has 38 heavy (non-hydrogen) atoms. The number of aliphatic hydroxyl groups is 3. The van der Waals surface area contributed by atoms with Crippen LogP contribution in [0, 0.1) is 11.8 Å². The lowest BCUT2D eigenvalue weighted by Gasteiger charge is -2.50. The molecule has 4 rings (SSSR count). The van der Waals surface area contributed by atoms with Gasteiger partial charge < -0.3 is 31.0 Å². The van der Waals surface area contributed by atoms with E-state index in [9.17, 15) is 39.6 Å². The zero-order valence-corrected chi connectivity index (χ0v) is 21.7. The van der Waals surface area contributed by atoms with Crippen molar-refractivity contribution in [1.29, 1.82) is 0 Å². The second kappa shape index (κ2) is 9.27. The number of Topliss-reactive ketones (excluding diaryl/α,β-unsaturated/α-hetero) is 2. The number of ketones is 2. The van der Waals surface area contributed by atoms with Gasteiger partial charge in [0.25, 0.3) is 5.91 Å². The van der Waals surface area contributed by atoms with Crippen molar-refractivity contribution in [2.45, 2.75) is 24.5 Å². The number of likely N-dealkylation sites (N-methyl/N-ethyl adjacent to an activating group) is 1. The molecule has 0 spiro atoms. The number of carbonyl (C=O) groups is 4. The molecule has 0 radical (unpaired) electrons. The zero-order chi connectivity index (χ0) is 28.4. The first-order valence-corrected chi connectivity index (χ1v) is 11.9. The largest absolute Gasteiger partial charge is 0.510 e. The first-order valence-electron chi connectivity index (χ1n) is 11.5. The maximum atomic E-state index is 13.7. The zero-order valence-electron chi connectivity index (χ0n) is 20.9. The van der Waals surface area contributed by atoms with E-state index in [1.165, 1.54) is 25.1 Å². The number of nitrogens with zero attached hydrogens (tertiary/aromatic N) is 2. The second-order valence-electron chi connectivity index (χ2n) is 9.90. The third-order valence-electron chi connectivity index (χ3n) is 7.16. The van der Waals surface area contributed by atoms with Gasteiger partial charge in [0.15, 0.2) is 17.1 Å². The van der Waals surface area contributed by atoms with Crippen LogP contribution in [0.5, 0.6) is 5.75 Å². The number of nitrogens with one attached hydrogen (secondary N) is 1. The molecule has 13 nitrogen and oxygen atoms in total. The molecule has 0 bridgehead atoms. The predicted octanol–water partition coefficient (Wildman–Crippen LogP) is 0.799. The van der Waals surface area contributed by atoms with Crippen molar-refractivity contribution in [3.8, 4) is 5.75 Å². The molecule has 0 aromatic heterocycles. The number of allylic oxidation sites excluding steroid dienone is 1. The van der Waals surface area contributed by atoms with Crippen LogP contribution < -0.4 is 11.1 Å². The number of aliphatic hydroxyl groups excluding tert-OH is 2. The van der Waals surface area contributed by atoms with E-state index in [1.807, 2.05) is 0 Å². The number of carbonyl (C=O) groups excluding carboxylic acids is 4. The van der Waals surface area contributed by atoms with E-state index in [0.717, 1.165) is 5.06 Å². The van der Waals surface area contributed by atoms with Crippen molar-refractivity contribution in [2.24, 2.45) is 17.6 Å². The Morgan fingerprint density at radius 1 is 1.18 bits per heavy atom. The monoisotopic (exact) mass is 550 g/mol. The minimum atomic E-state index is -2.75. The summed E-state index contributed by atoms with van der Waals surface area (Å²) in [5.41, 5.74) is 1.04. The van der Waals surface area contributed by atoms with Gasteiger partial charge in [-0.05, 0) is 44.5 Å². The van der Waals surface area contributed by atoms with Gasteiger partial charge in [-0.3, -0.25) is 24.6 Å². The topological polar surface area (TPSA) is 203 Å². The van der Waals surface area contributed by atoms with E-state index < -0.39 is 69.9 Å². The Morgan fingerprint density at radius 3 is 2.37 bits per heavy atom. The molecular formula is C24H27ClN4O9. The quantitative estimate of drug-likeness (QED) is 0.176. The standard InChI is InChI=1S/C24H27ClN4O9/c1-28(2)16-10-6-8-5-9-7-11(25)15(27-23(36)38-29(3)4)18(31)12(9)17(30)13(8)20(33)24(10,37)21(34)14(19(16)32)22(26)35/h7-8,10,16,31-33,37H,5-6H2,1-4H3,(H2,26,35)(H,27,36)/t8?,10?,16-,24-/m0/s1. The molecule has 204 valence electrons. The fourth-order valence-electron chi connectivity index (χ4n) is 5.68. The number of rotatable bonds is 4. The fraction of sp³-hybridized carbons (Fsp3) is 0.417. The van der Waals surface area contributed by atoms with Gasteiger partial charge in [-0.2, -0.15) is 0 Å². The summed E-state index contributed by atoms with van der Waals surface area (Å²) in [6, 6.07) is 0.290. The highest BCUT2D eigenvalue weighted by molar-refractivity contribution is 6.35. The van der Waals surface area contributed by atoms with E-state index >= 15 is 0 Å². The maximum Gasteiger partial charge on any atom is 0.430 e. The molecule has 0 heterocycles. The number of amides is 2. The average Bonchev–Trinajstić information content (AvgIpc) is 2.78. The van der Waals surface area contributed by atoms with Crippen LogP contribution in [-0.4, -0.2) is 93.8 Å². The first kappa shape index (κ1) is 27.4. The van der Waals surface area contributed by atoms with Gasteiger partial charge in [0.2, 0.25) is 5.78 Å². The van der Waals surface area contributed by atoms with Gasteiger partial charge in [0.05, 0.1) is 16.6 Å². The number of anilines is 1. The summed E-state index contributed by atoms with van der Waals surface area (Å²) in [6.45, 7) is 0. The number of benzene rings is 1. The SMILES string of the molecule is CN(C)OC(=O)Nc1c(Cl)cc2c(c1O)C(=O)C1=C(O)[C@]3(O)C(=O)C(C(N)=O)=C(O)[C@@H](N(C)C)C3CC1C2.